The van der Waals surface area contributed by atoms with Gasteiger partial charge in [0.25, 0.3) is 0 Å². The van der Waals surface area contributed by atoms with E-state index in [1.165, 1.54) is 36.9 Å². The van der Waals surface area contributed by atoms with Crippen molar-refractivity contribution in [2.75, 3.05) is 35.7 Å². The Morgan fingerprint density at radius 1 is 0.957 bits per heavy atom. The number of anilines is 3. The Bertz CT molecular complexity index is 616. The van der Waals surface area contributed by atoms with Crippen LogP contribution in [0, 0.1) is 0 Å². The first-order chi connectivity index (χ1) is 11.2. The van der Waals surface area contributed by atoms with Gasteiger partial charge in [-0.3, -0.25) is 0 Å². The van der Waals surface area contributed by atoms with E-state index in [-0.39, 0.29) is 0 Å². The fourth-order valence-electron chi connectivity index (χ4n) is 3.36. The van der Waals surface area contributed by atoms with Crippen molar-refractivity contribution in [2.45, 2.75) is 32.2 Å². The van der Waals surface area contributed by atoms with E-state index in [9.17, 15) is 0 Å². The first-order valence-electron chi connectivity index (χ1n) is 8.63. The summed E-state index contributed by atoms with van der Waals surface area (Å²) in [6, 6.07) is 17.0. The third-order valence-corrected chi connectivity index (χ3v) is 4.66. The zero-order valence-corrected chi connectivity index (χ0v) is 14.0. The second-order valence-electron chi connectivity index (χ2n) is 6.49. The maximum absolute atomic E-state index is 6.35. The van der Waals surface area contributed by atoms with E-state index in [1.807, 2.05) is 6.07 Å². The third-order valence-electron chi connectivity index (χ3n) is 4.66. The van der Waals surface area contributed by atoms with E-state index < -0.39 is 0 Å². The van der Waals surface area contributed by atoms with Crippen LogP contribution in [0.2, 0.25) is 0 Å². The number of benzene rings is 2. The summed E-state index contributed by atoms with van der Waals surface area (Å²) in [7, 11) is 2.10. The highest BCUT2D eigenvalue weighted by molar-refractivity contribution is 5.73. The summed E-state index contributed by atoms with van der Waals surface area (Å²) < 4.78 is 0. The molecule has 0 aromatic heterocycles. The maximum atomic E-state index is 6.35. The molecule has 3 nitrogen and oxygen atoms in total. The van der Waals surface area contributed by atoms with E-state index in [0.29, 0.717) is 0 Å². The smallest absolute Gasteiger partial charge is 0.0601 e. The summed E-state index contributed by atoms with van der Waals surface area (Å²) in [4.78, 5) is 4.70. The van der Waals surface area contributed by atoms with Crippen molar-refractivity contribution >= 4 is 17.1 Å². The third kappa shape index (κ3) is 3.98. The van der Waals surface area contributed by atoms with Gasteiger partial charge in [0.2, 0.25) is 0 Å². The SMILES string of the molecule is CN(Cc1ccccc1)c1ccc(N2CCCCCC2)cc1N. The van der Waals surface area contributed by atoms with Crippen LogP contribution in [-0.4, -0.2) is 20.1 Å². The summed E-state index contributed by atoms with van der Waals surface area (Å²) in [5, 5.41) is 0. The first-order valence-corrected chi connectivity index (χ1v) is 8.63. The molecule has 0 saturated carbocycles. The molecule has 0 amide bonds. The van der Waals surface area contributed by atoms with Gasteiger partial charge in [0.15, 0.2) is 0 Å². The number of hydrogen-bond donors (Lipinski definition) is 1. The van der Waals surface area contributed by atoms with Gasteiger partial charge < -0.3 is 15.5 Å². The quantitative estimate of drug-likeness (QED) is 0.855. The molecule has 3 rings (SSSR count). The number of nitrogens with zero attached hydrogens (tertiary/aromatic N) is 2. The molecule has 1 heterocycles. The molecule has 0 atom stereocenters. The summed E-state index contributed by atoms with van der Waals surface area (Å²) in [5.74, 6) is 0. The molecule has 2 N–H and O–H groups in total. The lowest BCUT2D eigenvalue weighted by Gasteiger charge is -2.26. The minimum absolute atomic E-state index is 0.866. The zero-order valence-electron chi connectivity index (χ0n) is 14.0. The molecule has 0 spiro atoms. The van der Waals surface area contributed by atoms with Gasteiger partial charge in [0.05, 0.1) is 11.4 Å². The average Bonchev–Trinajstić information content (AvgIpc) is 2.85. The van der Waals surface area contributed by atoms with Crippen LogP contribution in [0.15, 0.2) is 48.5 Å². The Morgan fingerprint density at radius 3 is 2.30 bits per heavy atom. The van der Waals surface area contributed by atoms with Crippen molar-refractivity contribution in [2.24, 2.45) is 0 Å². The largest absolute Gasteiger partial charge is 0.397 e. The van der Waals surface area contributed by atoms with Gasteiger partial charge in [0.1, 0.15) is 0 Å². The highest BCUT2D eigenvalue weighted by Crippen LogP contribution is 2.29. The number of hydrogen-bond acceptors (Lipinski definition) is 3. The molecule has 0 bridgehead atoms. The van der Waals surface area contributed by atoms with Crippen molar-refractivity contribution < 1.29 is 0 Å². The highest BCUT2D eigenvalue weighted by atomic mass is 15.1. The van der Waals surface area contributed by atoms with Gasteiger partial charge in [-0.1, -0.05) is 43.2 Å². The van der Waals surface area contributed by atoms with E-state index in [1.54, 1.807) is 0 Å². The molecule has 122 valence electrons. The van der Waals surface area contributed by atoms with E-state index >= 15 is 0 Å². The van der Waals surface area contributed by atoms with Crippen molar-refractivity contribution in [1.82, 2.24) is 0 Å². The Balaban J connectivity index is 1.73. The van der Waals surface area contributed by atoms with Crippen molar-refractivity contribution in [3.8, 4) is 0 Å². The summed E-state index contributed by atoms with van der Waals surface area (Å²) in [5.41, 5.74) is 10.9. The minimum atomic E-state index is 0.866. The molecule has 2 aromatic rings. The van der Waals surface area contributed by atoms with Crippen LogP contribution in [0.3, 0.4) is 0 Å². The second-order valence-corrected chi connectivity index (χ2v) is 6.49. The van der Waals surface area contributed by atoms with Gasteiger partial charge in [-0.2, -0.15) is 0 Å². The van der Waals surface area contributed by atoms with Gasteiger partial charge >= 0.3 is 0 Å². The van der Waals surface area contributed by atoms with Crippen LogP contribution in [0.25, 0.3) is 0 Å². The molecular weight excluding hydrogens is 282 g/mol. The Kier molecular flexibility index (Phi) is 5.06. The first kappa shape index (κ1) is 15.7. The molecule has 1 saturated heterocycles. The van der Waals surface area contributed by atoms with Crippen LogP contribution in [0.4, 0.5) is 17.1 Å². The molecular formula is C20H27N3. The predicted octanol–water partition coefficient (Wildman–Crippen LogP) is 4.29. The molecule has 2 aromatic carbocycles. The lowest BCUT2D eigenvalue weighted by molar-refractivity contribution is 0.726. The fraction of sp³-hybridized carbons (Fsp3) is 0.400. The molecule has 1 fully saturated rings. The van der Waals surface area contributed by atoms with Crippen LogP contribution in [0.1, 0.15) is 31.2 Å². The molecule has 23 heavy (non-hydrogen) atoms. The summed E-state index contributed by atoms with van der Waals surface area (Å²) in [6.45, 7) is 3.17. The Labute approximate surface area is 139 Å². The van der Waals surface area contributed by atoms with Crippen LogP contribution in [-0.2, 0) is 6.54 Å². The van der Waals surface area contributed by atoms with Gasteiger partial charge in [0, 0.05) is 32.4 Å². The van der Waals surface area contributed by atoms with Gasteiger partial charge in [-0.15, -0.1) is 0 Å². The molecule has 0 unspecified atom stereocenters. The molecule has 0 aliphatic carbocycles. The van der Waals surface area contributed by atoms with E-state index in [2.05, 4.69) is 59.3 Å². The average molecular weight is 309 g/mol. The Hall–Kier alpha value is -2.16. The second kappa shape index (κ2) is 7.40. The fourth-order valence-corrected chi connectivity index (χ4v) is 3.36. The standard InChI is InChI=1S/C20H27N3/c1-22(16-17-9-5-4-6-10-17)20-12-11-18(15-19(20)21)23-13-7-2-3-8-14-23/h4-6,9-12,15H,2-3,7-8,13-14,16,21H2,1H3. The summed E-state index contributed by atoms with van der Waals surface area (Å²) in [6.07, 6.45) is 5.28. The predicted molar refractivity (Wildman–Crippen MR) is 100 cm³/mol. The molecule has 3 heteroatoms. The number of nitrogen functional groups attached to an aromatic ring is 1. The maximum Gasteiger partial charge on any atom is 0.0601 e. The van der Waals surface area contributed by atoms with Crippen molar-refractivity contribution in [1.29, 1.82) is 0 Å². The normalized spacial score (nSPS) is 15.3. The van der Waals surface area contributed by atoms with E-state index in [4.69, 9.17) is 5.73 Å². The van der Waals surface area contributed by atoms with Crippen LogP contribution < -0.4 is 15.5 Å². The minimum Gasteiger partial charge on any atom is -0.397 e. The number of nitrogens with two attached hydrogens (primary N) is 1. The van der Waals surface area contributed by atoms with E-state index in [0.717, 1.165) is 31.0 Å². The lowest BCUT2D eigenvalue weighted by Crippen LogP contribution is -2.24. The molecule has 0 radical (unpaired) electrons. The van der Waals surface area contributed by atoms with Crippen molar-refractivity contribution in [3.05, 3.63) is 54.1 Å². The summed E-state index contributed by atoms with van der Waals surface area (Å²) >= 11 is 0. The molecule has 1 aliphatic rings. The zero-order chi connectivity index (χ0) is 16.1. The number of rotatable bonds is 4. The van der Waals surface area contributed by atoms with Crippen LogP contribution in [0.5, 0.6) is 0 Å². The monoisotopic (exact) mass is 309 g/mol. The van der Waals surface area contributed by atoms with Crippen LogP contribution >= 0.6 is 0 Å². The van der Waals surface area contributed by atoms with Gasteiger partial charge in [-0.25, -0.2) is 0 Å². The van der Waals surface area contributed by atoms with Gasteiger partial charge in [-0.05, 0) is 36.6 Å². The lowest BCUT2D eigenvalue weighted by atomic mass is 10.1. The van der Waals surface area contributed by atoms with Crippen molar-refractivity contribution in [3.63, 3.8) is 0 Å². The Morgan fingerprint density at radius 2 is 1.65 bits per heavy atom. The molecule has 1 aliphatic heterocycles. The highest BCUT2D eigenvalue weighted by Gasteiger charge is 2.12. The topological polar surface area (TPSA) is 32.5 Å².